The monoisotopic (exact) mass is 431 g/mol. The van der Waals surface area contributed by atoms with Crippen molar-refractivity contribution in [2.24, 2.45) is 0 Å². The van der Waals surface area contributed by atoms with Gasteiger partial charge in [-0.15, -0.1) is 0 Å². The first-order valence-corrected chi connectivity index (χ1v) is 11.3. The van der Waals surface area contributed by atoms with Gasteiger partial charge in [0.25, 0.3) is 0 Å². The predicted octanol–water partition coefficient (Wildman–Crippen LogP) is 1.55. The summed E-state index contributed by atoms with van der Waals surface area (Å²) < 4.78 is 39.1. The lowest BCUT2D eigenvalue weighted by molar-refractivity contribution is -0.118. The highest BCUT2D eigenvalue weighted by atomic mass is 35.5. The number of ether oxygens (including phenoxy) is 2. The highest BCUT2D eigenvalue weighted by Crippen LogP contribution is 2.25. The molecule has 2 aliphatic rings. The molecular formula is C18H26ClN3O5S. The number of rotatable bonds is 7. The molecule has 1 unspecified atom stereocenters. The molecular weight excluding hydrogens is 406 g/mol. The molecule has 156 valence electrons. The number of Topliss-reactive ketones (excluding diaryl/α,β-unsaturated/α-hetero) is 1. The number of hydrogen-bond donors (Lipinski definition) is 0. The highest BCUT2D eigenvalue weighted by molar-refractivity contribution is 7.89. The van der Waals surface area contributed by atoms with Crippen LogP contribution in [0.25, 0.3) is 0 Å². The van der Waals surface area contributed by atoms with E-state index in [0.717, 1.165) is 0 Å². The van der Waals surface area contributed by atoms with Crippen LogP contribution in [0, 0.1) is 0 Å². The molecule has 2 aliphatic heterocycles. The van der Waals surface area contributed by atoms with Gasteiger partial charge in [-0.1, -0.05) is 11.6 Å². The van der Waals surface area contributed by atoms with Crippen LogP contribution in [-0.4, -0.2) is 79.3 Å². The summed E-state index contributed by atoms with van der Waals surface area (Å²) in [4.78, 5) is 17.7. The van der Waals surface area contributed by atoms with E-state index >= 15 is 0 Å². The fraction of sp³-hybridized carbons (Fsp3) is 0.667. The minimum absolute atomic E-state index is 0.00649. The van der Waals surface area contributed by atoms with Crippen molar-refractivity contribution < 1.29 is 22.7 Å². The molecule has 3 rings (SSSR count). The van der Waals surface area contributed by atoms with Gasteiger partial charge < -0.3 is 9.47 Å². The summed E-state index contributed by atoms with van der Waals surface area (Å²) in [5.41, 5.74) is 0. The zero-order valence-corrected chi connectivity index (χ0v) is 17.5. The number of carbonyl (C=O) groups is 1. The number of aromatic nitrogens is 1. The summed E-state index contributed by atoms with van der Waals surface area (Å²) in [6.07, 6.45) is 2.55. The summed E-state index contributed by atoms with van der Waals surface area (Å²) in [5, 5.41) is -0.294. The molecule has 1 aromatic rings. The molecule has 0 saturated carbocycles. The lowest BCUT2D eigenvalue weighted by atomic mass is 10.1. The Labute approximate surface area is 170 Å². The fourth-order valence-corrected chi connectivity index (χ4v) is 5.72. The fourth-order valence-electron chi connectivity index (χ4n) is 3.51. The van der Waals surface area contributed by atoms with Crippen molar-refractivity contribution in [3.8, 4) is 5.88 Å². The second kappa shape index (κ2) is 9.49. The van der Waals surface area contributed by atoms with Crippen LogP contribution in [0.5, 0.6) is 5.88 Å². The largest absolute Gasteiger partial charge is 0.474 e. The molecule has 0 aliphatic carbocycles. The molecule has 3 heterocycles. The van der Waals surface area contributed by atoms with Crippen LogP contribution in [0.4, 0.5) is 0 Å². The predicted molar refractivity (Wildman–Crippen MR) is 105 cm³/mol. The van der Waals surface area contributed by atoms with Gasteiger partial charge in [0.2, 0.25) is 15.9 Å². The minimum Gasteiger partial charge on any atom is -0.474 e. The lowest BCUT2D eigenvalue weighted by Gasteiger charge is -2.38. The Kier molecular flexibility index (Phi) is 7.27. The quantitative estimate of drug-likeness (QED) is 0.646. The summed E-state index contributed by atoms with van der Waals surface area (Å²) in [7, 11) is -3.63. The van der Waals surface area contributed by atoms with Crippen LogP contribution in [0.2, 0.25) is 5.02 Å². The number of nitrogens with zero attached hydrogens (tertiary/aromatic N) is 3. The zero-order valence-electron chi connectivity index (χ0n) is 15.9. The van der Waals surface area contributed by atoms with Crippen molar-refractivity contribution in [1.82, 2.24) is 14.2 Å². The van der Waals surface area contributed by atoms with E-state index in [-0.39, 0.29) is 18.3 Å². The normalized spacial score (nSPS) is 21.4. The summed E-state index contributed by atoms with van der Waals surface area (Å²) in [6.45, 7) is 4.14. The number of ketones is 1. The van der Waals surface area contributed by atoms with Crippen LogP contribution in [0.1, 0.15) is 26.2 Å². The maximum Gasteiger partial charge on any atom is 0.230 e. The first-order chi connectivity index (χ1) is 13.4. The summed E-state index contributed by atoms with van der Waals surface area (Å²) in [5.74, 6) is 0.348. The van der Waals surface area contributed by atoms with Crippen LogP contribution >= 0.6 is 11.6 Å². The first-order valence-electron chi connectivity index (χ1n) is 9.44. The van der Waals surface area contributed by atoms with E-state index in [1.54, 1.807) is 12.1 Å². The number of carbonyl (C=O) groups excluding carboxylic acids is 1. The Morgan fingerprint density at radius 3 is 2.54 bits per heavy atom. The van der Waals surface area contributed by atoms with Gasteiger partial charge in [-0.25, -0.2) is 17.7 Å². The van der Waals surface area contributed by atoms with E-state index in [1.165, 1.54) is 17.4 Å². The average molecular weight is 432 g/mol. The van der Waals surface area contributed by atoms with Gasteiger partial charge in [-0.05, 0) is 25.8 Å². The van der Waals surface area contributed by atoms with Crippen molar-refractivity contribution in [2.75, 3.05) is 39.4 Å². The van der Waals surface area contributed by atoms with Crippen molar-refractivity contribution in [3.05, 3.63) is 23.4 Å². The Morgan fingerprint density at radius 1 is 1.29 bits per heavy atom. The first kappa shape index (κ1) is 21.4. The Hall–Kier alpha value is -1.26. The molecule has 0 bridgehead atoms. The lowest BCUT2D eigenvalue weighted by Crippen LogP contribution is -2.54. The molecule has 2 fully saturated rings. The zero-order chi connectivity index (χ0) is 20.1. The SMILES string of the molecule is CC(=O)CC(N1CCOCC1)S(=O)(=O)N1CCC(Oc2ccc(Cl)cn2)CC1. The standard InChI is InChI=1S/C18H26ClN3O5S/c1-14(23)12-18(21-8-10-26-11-9-21)28(24,25)22-6-4-16(5-7-22)27-17-3-2-15(19)13-20-17/h2-3,13,16,18H,4-12H2,1H3. The molecule has 8 nitrogen and oxygen atoms in total. The van der Waals surface area contributed by atoms with Crippen LogP contribution in [0.15, 0.2) is 18.3 Å². The van der Waals surface area contributed by atoms with Crippen molar-refractivity contribution in [1.29, 1.82) is 0 Å². The second-order valence-corrected chi connectivity index (χ2v) is 9.61. The maximum absolute atomic E-state index is 13.2. The molecule has 0 aromatic carbocycles. The Bertz CT molecular complexity index is 760. The van der Waals surface area contributed by atoms with Gasteiger partial charge in [0.15, 0.2) is 0 Å². The van der Waals surface area contributed by atoms with Gasteiger partial charge in [0.05, 0.1) is 18.2 Å². The topological polar surface area (TPSA) is 89.0 Å². The van der Waals surface area contributed by atoms with Crippen LogP contribution < -0.4 is 4.74 Å². The van der Waals surface area contributed by atoms with E-state index in [0.29, 0.717) is 63.1 Å². The van der Waals surface area contributed by atoms with E-state index in [2.05, 4.69) is 4.98 Å². The molecule has 1 atom stereocenters. The third-order valence-corrected chi connectivity index (χ3v) is 7.47. The minimum atomic E-state index is -3.63. The number of hydrogen-bond acceptors (Lipinski definition) is 7. The van der Waals surface area contributed by atoms with Gasteiger partial charge in [-0.2, -0.15) is 0 Å². The maximum atomic E-state index is 13.2. The van der Waals surface area contributed by atoms with Gasteiger partial charge in [0, 0.05) is 44.9 Å². The van der Waals surface area contributed by atoms with E-state index in [1.807, 2.05) is 4.90 Å². The number of halogens is 1. The molecule has 2 saturated heterocycles. The average Bonchev–Trinajstić information content (AvgIpc) is 2.69. The molecule has 0 amide bonds. The Morgan fingerprint density at radius 2 is 1.96 bits per heavy atom. The Balaban J connectivity index is 1.62. The van der Waals surface area contributed by atoms with Gasteiger partial charge in [0.1, 0.15) is 17.3 Å². The molecule has 0 spiro atoms. The van der Waals surface area contributed by atoms with Crippen molar-refractivity contribution in [2.45, 2.75) is 37.7 Å². The van der Waals surface area contributed by atoms with Crippen LogP contribution in [0.3, 0.4) is 0 Å². The second-order valence-electron chi connectivity index (χ2n) is 7.08. The summed E-state index contributed by atoms with van der Waals surface area (Å²) >= 11 is 5.83. The van der Waals surface area contributed by atoms with Gasteiger partial charge >= 0.3 is 0 Å². The number of morpholine rings is 1. The smallest absolute Gasteiger partial charge is 0.230 e. The van der Waals surface area contributed by atoms with Crippen molar-refractivity contribution in [3.63, 3.8) is 0 Å². The molecule has 28 heavy (non-hydrogen) atoms. The number of sulfonamides is 1. The van der Waals surface area contributed by atoms with E-state index in [9.17, 15) is 13.2 Å². The molecule has 1 aromatic heterocycles. The molecule has 0 radical (unpaired) electrons. The van der Waals surface area contributed by atoms with E-state index in [4.69, 9.17) is 21.1 Å². The molecule has 10 heteroatoms. The highest BCUT2D eigenvalue weighted by Gasteiger charge is 2.39. The van der Waals surface area contributed by atoms with Crippen molar-refractivity contribution >= 4 is 27.4 Å². The third kappa shape index (κ3) is 5.42. The van der Waals surface area contributed by atoms with Gasteiger partial charge in [-0.3, -0.25) is 9.69 Å². The third-order valence-electron chi connectivity index (χ3n) is 5.01. The number of pyridine rings is 1. The van der Waals surface area contributed by atoms with E-state index < -0.39 is 15.4 Å². The van der Waals surface area contributed by atoms with Crippen LogP contribution in [-0.2, 0) is 19.6 Å². The number of piperidine rings is 1. The summed E-state index contributed by atoms with van der Waals surface area (Å²) in [6, 6.07) is 3.41. The molecule has 0 N–H and O–H groups in total.